The van der Waals surface area contributed by atoms with Crippen LogP contribution < -0.4 is 10.6 Å². The molecule has 2 heterocycles. The number of thiazole rings is 1. The van der Waals surface area contributed by atoms with Gasteiger partial charge in [-0.25, -0.2) is 15.0 Å². The minimum Gasteiger partial charge on any atom is -0.342 e. The van der Waals surface area contributed by atoms with Crippen molar-refractivity contribution in [3.8, 4) is 0 Å². The zero-order valence-corrected chi connectivity index (χ0v) is 15.3. The maximum Gasteiger partial charge on any atom is 0.248 e. The van der Waals surface area contributed by atoms with Gasteiger partial charge in [0.1, 0.15) is 6.04 Å². The molecule has 2 aromatic heterocycles. The Morgan fingerprint density at radius 2 is 2.00 bits per heavy atom. The van der Waals surface area contributed by atoms with E-state index in [1.54, 1.807) is 18.0 Å². The number of rotatable bonds is 7. The van der Waals surface area contributed by atoms with E-state index >= 15 is 0 Å². The summed E-state index contributed by atoms with van der Waals surface area (Å²) >= 11 is 3.16. The van der Waals surface area contributed by atoms with Crippen molar-refractivity contribution in [1.82, 2.24) is 15.0 Å². The molecule has 0 aliphatic rings. The third-order valence-electron chi connectivity index (χ3n) is 3.06. The maximum atomic E-state index is 12.5. The molecule has 2 aromatic rings. The van der Waals surface area contributed by atoms with E-state index in [4.69, 9.17) is 0 Å². The molecule has 124 valence electrons. The van der Waals surface area contributed by atoms with Crippen molar-refractivity contribution in [1.29, 1.82) is 0 Å². The van der Waals surface area contributed by atoms with Crippen LogP contribution in [0.15, 0.2) is 12.3 Å². The van der Waals surface area contributed by atoms with Gasteiger partial charge in [-0.1, -0.05) is 0 Å². The minimum atomic E-state index is -0.396. The SMILES string of the molecule is CSCCC(Nc1nc(C)cc(C)n1)C(=O)Nc1ncc(C)s1. The van der Waals surface area contributed by atoms with E-state index in [2.05, 4.69) is 25.6 Å². The maximum absolute atomic E-state index is 12.5. The number of aryl methyl sites for hydroxylation is 3. The number of amides is 1. The molecule has 8 heteroatoms. The Labute approximate surface area is 144 Å². The first-order chi connectivity index (χ1) is 11.0. The summed E-state index contributed by atoms with van der Waals surface area (Å²) in [7, 11) is 0. The van der Waals surface area contributed by atoms with E-state index in [1.165, 1.54) is 11.3 Å². The molecule has 0 bridgehead atoms. The summed E-state index contributed by atoms with van der Waals surface area (Å²) in [5.41, 5.74) is 1.75. The number of anilines is 2. The molecule has 0 saturated carbocycles. The highest BCUT2D eigenvalue weighted by Crippen LogP contribution is 2.18. The lowest BCUT2D eigenvalue weighted by Crippen LogP contribution is -2.36. The largest absolute Gasteiger partial charge is 0.342 e. The standard InChI is InChI=1S/C15H21N5OS2/c1-9-7-10(2)18-14(17-9)19-12(5-6-22-4)13(21)20-15-16-8-11(3)23-15/h7-8,12H,5-6H2,1-4H3,(H,16,20,21)(H,17,18,19). The Morgan fingerprint density at radius 1 is 1.30 bits per heavy atom. The fraction of sp³-hybridized carbons (Fsp3) is 0.467. The Kier molecular flexibility index (Phi) is 6.35. The Balaban J connectivity index is 2.10. The van der Waals surface area contributed by atoms with Crippen LogP contribution in [0, 0.1) is 20.8 Å². The van der Waals surface area contributed by atoms with Gasteiger partial charge in [-0.05, 0) is 45.3 Å². The van der Waals surface area contributed by atoms with Crippen molar-refractivity contribution in [2.75, 3.05) is 22.6 Å². The van der Waals surface area contributed by atoms with Crippen LogP contribution in [0.4, 0.5) is 11.1 Å². The van der Waals surface area contributed by atoms with Crippen LogP contribution in [0.5, 0.6) is 0 Å². The van der Waals surface area contributed by atoms with E-state index in [1.807, 2.05) is 33.1 Å². The zero-order valence-electron chi connectivity index (χ0n) is 13.7. The number of nitrogens with zero attached hydrogens (tertiary/aromatic N) is 3. The quantitative estimate of drug-likeness (QED) is 0.798. The van der Waals surface area contributed by atoms with Crippen LogP contribution in [-0.2, 0) is 4.79 Å². The second-order valence-electron chi connectivity index (χ2n) is 5.22. The highest BCUT2D eigenvalue weighted by Gasteiger charge is 2.20. The summed E-state index contributed by atoms with van der Waals surface area (Å²) in [4.78, 5) is 26.5. The molecular weight excluding hydrogens is 330 g/mol. The first-order valence-corrected chi connectivity index (χ1v) is 9.50. The molecule has 0 radical (unpaired) electrons. The van der Waals surface area contributed by atoms with Gasteiger partial charge in [0.25, 0.3) is 0 Å². The van der Waals surface area contributed by atoms with Crippen molar-refractivity contribution >= 4 is 40.1 Å². The summed E-state index contributed by atoms with van der Waals surface area (Å²) in [5.74, 6) is 1.24. The van der Waals surface area contributed by atoms with Gasteiger partial charge in [0.2, 0.25) is 11.9 Å². The van der Waals surface area contributed by atoms with Crippen LogP contribution in [0.2, 0.25) is 0 Å². The fourth-order valence-corrected chi connectivity index (χ4v) is 3.19. The molecule has 23 heavy (non-hydrogen) atoms. The molecule has 0 fully saturated rings. The lowest BCUT2D eigenvalue weighted by atomic mass is 10.2. The van der Waals surface area contributed by atoms with Crippen molar-refractivity contribution in [2.24, 2.45) is 0 Å². The highest BCUT2D eigenvalue weighted by molar-refractivity contribution is 7.98. The molecular formula is C15H21N5OS2. The topological polar surface area (TPSA) is 79.8 Å². The molecule has 0 spiro atoms. The smallest absolute Gasteiger partial charge is 0.248 e. The number of carbonyl (C=O) groups excluding carboxylic acids is 1. The number of carbonyl (C=O) groups is 1. The molecule has 1 unspecified atom stereocenters. The molecule has 2 rings (SSSR count). The van der Waals surface area contributed by atoms with Crippen LogP contribution in [0.3, 0.4) is 0 Å². The van der Waals surface area contributed by atoms with E-state index in [-0.39, 0.29) is 5.91 Å². The molecule has 1 atom stereocenters. The van der Waals surface area contributed by atoms with Crippen LogP contribution in [-0.4, -0.2) is 38.9 Å². The van der Waals surface area contributed by atoms with Gasteiger partial charge < -0.3 is 10.6 Å². The third-order valence-corrected chi connectivity index (χ3v) is 4.54. The molecule has 0 saturated heterocycles. The summed E-state index contributed by atoms with van der Waals surface area (Å²) in [5, 5.41) is 6.63. The zero-order chi connectivity index (χ0) is 16.8. The van der Waals surface area contributed by atoms with Gasteiger partial charge in [0.15, 0.2) is 5.13 Å². The lowest BCUT2D eigenvalue weighted by molar-refractivity contribution is -0.116. The average molecular weight is 352 g/mol. The van der Waals surface area contributed by atoms with Crippen LogP contribution in [0.25, 0.3) is 0 Å². The van der Waals surface area contributed by atoms with Gasteiger partial charge in [-0.15, -0.1) is 11.3 Å². The van der Waals surface area contributed by atoms with E-state index in [9.17, 15) is 4.79 Å². The van der Waals surface area contributed by atoms with Gasteiger partial charge in [-0.3, -0.25) is 4.79 Å². The lowest BCUT2D eigenvalue weighted by Gasteiger charge is -2.17. The van der Waals surface area contributed by atoms with Gasteiger partial charge in [0.05, 0.1) is 0 Å². The van der Waals surface area contributed by atoms with Gasteiger partial charge >= 0.3 is 0 Å². The first kappa shape index (κ1) is 17.7. The first-order valence-electron chi connectivity index (χ1n) is 7.29. The normalized spacial score (nSPS) is 12.0. The Bertz CT molecular complexity index is 653. The van der Waals surface area contributed by atoms with Crippen LogP contribution in [0.1, 0.15) is 22.7 Å². The van der Waals surface area contributed by atoms with Crippen molar-refractivity contribution in [3.63, 3.8) is 0 Å². The number of hydrogen-bond donors (Lipinski definition) is 2. The molecule has 0 aliphatic heterocycles. The average Bonchev–Trinajstić information content (AvgIpc) is 2.87. The van der Waals surface area contributed by atoms with Crippen molar-refractivity contribution in [3.05, 3.63) is 28.5 Å². The second kappa shape index (κ2) is 8.26. The molecule has 6 nitrogen and oxygen atoms in total. The summed E-state index contributed by atoms with van der Waals surface area (Å²) in [6.45, 7) is 5.78. The number of thioether (sulfide) groups is 1. The molecule has 2 N–H and O–H groups in total. The molecule has 0 aromatic carbocycles. The van der Waals surface area contributed by atoms with Crippen LogP contribution >= 0.6 is 23.1 Å². The molecule has 1 amide bonds. The molecule has 0 aliphatic carbocycles. The van der Waals surface area contributed by atoms with Gasteiger partial charge in [0, 0.05) is 22.5 Å². The Morgan fingerprint density at radius 3 is 2.57 bits per heavy atom. The summed E-state index contributed by atoms with van der Waals surface area (Å²) in [6.07, 6.45) is 4.46. The fourth-order valence-electron chi connectivity index (χ4n) is 2.06. The minimum absolute atomic E-state index is 0.115. The summed E-state index contributed by atoms with van der Waals surface area (Å²) in [6, 6.07) is 1.51. The number of hydrogen-bond acceptors (Lipinski definition) is 7. The summed E-state index contributed by atoms with van der Waals surface area (Å²) < 4.78 is 0. The highest BCUT2D eigenvalue weighted by atomic mass is 32.2. The van der Waals surface area contributed by atoms with Gasteiger partial charge in [-0.2, -0.15) is 11.8 Å². The number of nitrogens with one attached hydrogen (secondary N) is 2. The van der Waals surface area contributed by atoms with Crippen molar-refractivity contribution in [2.45, 2.75) is 33.2 Å². The van der Waals surface area contributed by atoms with E-state index in [0.29, 0.717) is 17.5 Å². The predicted octanol–water partition coefficient (Wildman–Crippen LogP) is 3.03. The monoisotopic (exact) mass is 351 g/mol. The predicted molar refractivity (Wildman–Crippen MR) is 97.4 cm³/mol. The van der Waals surface area contributed by atoms with E-state index in [0.717, 1.165) is 22.0 Å². The number of aromatic nitrogens is 3. The second-order valence-corrected chi connectivity index (χ2v) is 7.44. The van der Waals surface area contributed by atoms with Crippen molar-refractivity contribution < 1.29 is 4.79 Å². The van der Waals surface area contributed by atoms with E-state index < -0.39 is 6.04 Å². The third kappa shape index (κ3) is 5.47. The Hall–Kier alpha value is -1.67.